The molecule has 0 unspecified atom stereocenters. The van der Waals surface area contributed by atoms with E-state index in [4.69, 9.17) is 33.9 Å². The molecule has 1 aromatic carbocycles. The minimum absolute atomic E-state index is 0.348. The van der Waals surface area contributed by atoms with E-state index in [1.54, 1.807) is 22.2 Å². The van der Waals surface area contributed by atoms with Crippen LogP contribution in [-0.4, -0.2) is 68.7 Å². The fourth-order valence-corrected chi connectivity index (χ4v) is 4.63. The normalized spacial score (nSPS) is 16.0. The van der Waals surface area contributed by atoms with Gasteiger partial charge in [-0.3, -0.25) is 4.90 Å². The highest BCUT2D eigenvalue weighted by atomic mass is 35.5. The number of nitrogens with zero attached hydrogens (tertiary/aromatic N) is 7. The second kappa shape index (κ2) is 9.70. The molecule has 4 rings (SSSR count). The molecule has 1 aliphatic rings. The van der Waals surface area contributed by atoms with Gasteiger partial charge in [0.05, 0.1) is 18.6 Å². The van der Waals surface area contributed by atoms with Crippen molar-refractivity contribution in [3.63, 3.8) is 0 Å². The highest BCUT2D eigenvalue weighted by Crippen LogP contribution is 2.26. The standard InChI is InChI=1S/C21H26ClN7S2/c1-15(2)18-13-31-20(24-18)19-25-28(14-27-10-8-26(3)9-11-27)21(30)29(19)23-12-16-6-4-5-7-17(16)22/h4-7,12-13,15H,8-11,14H2,1-3H3/b23-12+. The van der Waals surface area contributed by atoms with Crippen LogP contribution in [0.25, 0.3) is 10.8 Å². The Hall–Kier alpha value is -1.91. The average Bonchev–Trinajstić information content (AvgIpc) is 3.35. The van der Waals surface area contributed by atoms with Gasteiger partial charge in [0, 0.05) is 42.1 Å². The van der Waals surface area contributed by atoms with Crippen LogP contribution in [-0.2, 0) is 6.67 Å². The summed E-state index contributed by atoms with van der Waals surface area (Å²) in [6.45, 7) is 8.94. The zero-order valence-corrected chi connectivity index (χ0v) is 20.3. The number of hydrogen-bond donors (Lipinski definition) is 0. The first-order valence-electron chi connectivity index (χ1n) is 10.3. The summed E-state index contributed by atoms with van der Waals surface area (Å²) in [7, 11) is 2.15. The van der Waals surface area contributed by atoms with Gasteiger partial charge in [0.1, 0.15) is 0 Å². The summed E-state index contributed by atoms with van der Waals surface area (Å²) >= 11 is 13.6. The molecule has 0 amide bonds. The molecule has 2 aromatic heterocycles. The van der Waals surface area contributed by atoms with E-state index < -0.39 is 0 Å². The monoisotopic (exact) mass is 475 g/mol. The highest BCUT2D eigenvalue weighted by molar-refractivity contribution is 7.71. The lowest BCUT2D eigenvalue weighted by Gasteiger charge is -2.31. The summed E-state index contributed by atoms with van der Waals surface area (Å²) in [5.74, 6) is 1.000. The van der Waals surface area contributed by atoms with Gasteiger partial charge < -0.3 is 4.90 Å². The Labute approximate surface area is 196 Å². The maximum absolute atomic E-state index is 6.30. The number of benzene rings is 1. The number of thiazole rings is 1. The maximum atomic E-state index is 6.30. The van der Waals surface area contributed by atoms with Crippen LogP contribution in [0.3, 0.4) is 0 Å². The first-order chi connectivity index (χ1) is 14.9. The lowest BCUT2D eigenvalue weighted by molar-refractivity contribution is 0.119. The van der Waals surface area contributed by atoms with Gasteiger partial charge in [0.25, 0.3) is 0 Å². The molecule has 7 nitrogen and oxygen atoms in total. The first kappa shape index (κ1) is 22.3. The van der Waals surface area contributed by atoms with Crippen LogP contribution >= 0.6 is 35.2 Å². The molecule has 0 aliphatic carbocycles. The van der Waals surface area contributed by atoms with E-state index in [2.05, 4.69) is 41.2 Å². The van der Waals surface area contributed by atoms with Crippen molar-refractivity contribution in [1.29, 1.82) is 0 Å². The number of hydrogen-bond acceptors (Lipinski definition) is 7. The SMILES string of the molecule is CC(C)c1csc(-c2nn(CN3CCN(C)CC3)c(=S)n2/N=C/c2ccccc2Cl)n1. The van der Waals surface area contributed by atoms with Gasteiger partial charge >= 0.3 is 0 Å². The van der Waals surface area contributed by atoms with Crippen molar-refractivity contribution >= 4 is 41.4 Å². The van der Waals surface area contributed by atoms with Gasteiger partial charge in [0.2, 0.25) is 10.6 Å². The molecule has 0 radical (unpaired) electrons. The average molecular weight is 476 g/mol. The molecule has 0 atom stereocenters. The molecule has 31 heavy (non-hydrogen) atoms. The fourth-order valence-electron chi connectivity index (χ4n) is 3.26. The summed E-state index contributed by atoms with van der Waals surface area (Å²) < 4.78 is 4.08. The molecule has 1 aliphatic heterocycles. The summed E-state index contributed by atoms with van der Waals surface area (Å²) in [6, 6.07) is 7.59. The number of aromatic nitrogens is 4. The van der Waals surface area contributed by atoms with Gasteiger partial charge in [-0.2, -0.15) is 9.78 Å². The lowest BCUT2D eigenvalue weighted by atomic mass is 10.2. The third kappa shape index (κ3) is 5.12. The zero-order valence-electron chi connectivity index (χ0n) is 17.9. The molecule has 0 saturated carbocycles. The van der Waals surface area contributed by atoms with Crippen LogP contribution in [0.4, 0.5) is 0 Å². The van der Waals surface area contributed by atoms with Crippen molar-refractivity contribution in [3.05, 3.63) is 50.7 Å². The van der Waals surface area contributed by atoms with Crippen molar-refractivity contribution in [2.75, 3.05) is 33.2 Å². The molecular weight excluding hydrogens is 450 g/mol. The number of likely N-dealkylation sites (N-methyl/N-ethyl adjacent to an activating group) is 1. The van der Waals surface area contributed by atoms with E-state index in [1.165, 1.54) is 0 Å². The Morgan fingerprint density at radius 1 is 1.23 bits per heavy atom. The van der Waals surface area contributed by atoms with Crippen molar-refractivity contribution in [1.82, 2.24) is 29.2 Å². The molecule has 164 valence electrons. The van der Waals surface area contributed by atoms with Crippen molar-refractivity contribution in [2.45, 2.75) is 26.4 Å². The van der Waals surface area contributed by atoms with E-state index in [9.17, 15) is 0 Å². The summed E-state index contributed by atoms with van der Waals surface area (Å²) in [5, 5.41) is 13.0. The molecule has 1 fully saturated rings. The number of piperazine rings is 1. The largest absolute Gasteiger partial charge is 0.304 e. The van der Waals surface area contributed by atoms with E-state index in [0.717, 1.165) is 42.4 Å². The van der Waals surface area contributed by atoms with Crippen LogP contribution in [0.1, 0.15) is 31.0 Å². The minimum atomic E-state index is 0.348. The van der Waals surface area contributed by atoms with Gasteiger partial charge in [-0.25, -0.2) is 9.67 Å². The van der Waals surface area contributed by atoms with Crippen molar-refractivity contribution in [3.8, 4) is 10.8 Å². The Bertz CT molecular complexity index is 1120. The Balaban J connectivity index is 1.71. The van der Waals surface area contributed by atoms with Gasteiger partial charge in [-0.15, -0.1) is 16.4 Å². The van der Waals surface area contributed by atoms with Crippen molar-refractivity contribution in [2.24, 2.45) is 5.10 Å². The van der Waals surface area contributed by atoms with E-state index in [0.29, 0.717) is 28.2 Å². The third-order valence-corrected chi connectivity index (χ3v) is 6.85. The van der Waals surface area contributed by atoms with Gasteiger partial charge in [-0.05, 0) is 31.2 Å². The second-order valence-electron chi connectivity index (χ2n) is 7.98. The third-order valence-electron chi connectivity index (χ3n) is 5.27. The Morgan fingerprint density at radius 2 is 1.97 bits per heavy atom. The van der Waals surface area contributed by atoms with Crippen LogP contribution in [0.5, 0.6) is 0 Å². The molecule has 1 saturated heterocycles. The van der Waals surface area contributed by atoms with E-state index in [-0.39, 0.29) is 0 Å². The minimum Gasteiger partial charge on any atom is -0.304 e. The lowest BCUT2D eigenvalue weighted by Crippen LogP contribution is -2.45. The Kier molecular flexibility index (Phi) is 6.98. The van der Waals surface area contributed by atoms with Crippen LogP contribution < -0.4 is 0 Å². The van der Waals surface area contributed by atoms with Gasteiger partial charge in [0.15, 0.2) is 5.01 Å². The van der Waals surface area contributed by atoms with E-state index in [1.807, 2.05) is 28.9 Å². The fraction of sp³-hybridized carbons (Fsp3) is 0.429. The van der Waals surface area contributed by atoms with Crippen molar-refractivity contribution < 1.29 is 0 Å². The highest BCUT2D eigenvalue weighted by Gasteiger charge is 2.20. The molecule has 3 heterocycles. The zero-order chi connectivity index (χ0) is 22.0. The molecular formula is C21H26ClN7S2. The molecule has 3 aromatic rings. The second-order valence-corrected chi connectivity index (χ2v) is 9.61. The summed E-state index contributed by atoms with van der Waals surface area (Å²) in [5.41, 5.74) is 1.87. The quantitative estimate of drug-likeness (QED) is 0.390. The smallest absolute Gasteiger partial charge is 0.220 e. The van der Waals surface area contributed by atoms with Crippen LogP contribution in [0, 0.1) is 4.77 Å². The Morgan fingerprint density at radius 3 is 2.65 bits per heavy atom. The predicted octanol–water partition coefficient (Wildman–Crippen LogP) is 4.40. The topological polar surface area (TPSA) is 54.5 Å². The molecule has 10 heteroatoms. The van der Waals surface area contributed by atoms with Gasteiger partial charge in [-0.1, -0.05) is 43.6 Å². The summed E-state index contributed by atoms with van der Waals surface area (Å²) in [6.07, 6.45) is 1.72. The predicted molar refractivity (Wildman–Crippen MR) is 130 cm³/mol. The summed E-state index contributed by atoms with van der Waals surface area (Å²) in [4.78, 5) is 9.47. The van der Waals surface area contributed by atoms with E-state index >= 15 is 0 Å². The number of halogens is 1. The first-order valence-corrected chi connectivity index (χ1v) is 11.9. The number of rotatable bonds is 6. The van der Waals surface area contributed by atoms with Crippen LogP contribution in [0.2, 0.25) is 5.02 Å². The molecule has 0 spiro atoms. The molecule has 0 bridgehead atoms. The molecule has 0 N–H and O–H groups in total. The van der Waals surface area contributed by atoms with Crippen LogP contribution in [0.15, 0.2) is 34.7 Å². The maximum Gasteiger partial charge on any atom is 0.220 e.